The topological polar surface area (TPSA) is 70.5 Å². The molecule has 1 aromatic rings. The summed E-state index contributed by atoms with van der Waals surface area (Å²) in [5, 5.41) is 8.99. The number of aromatic nitrogens is 1. The van der Waals surface area contributed by atoms with Crippen LogP contribution in [0.25, 0.3) is 0 Å². The highest BCUT2D eigenvalue weighted by Crippen LogP contribution is 2.18. The van der Waals surface area contributed by atoms with Gasteiger partial charge in [-0.15, -0.1) is 0 Å². The van der Waals surface area contributed by atoms with Gasteiger partial charge in [0.15, 0.2) is 0 Å². The van der Waals surface area contributed by atoms with E-state index >= 15 is 0 Å². The summed E-state index contributed by atoms with van der Waals surface area (Å²) in [5.41, 5.74) is -0.366. The molecule has 0 unspecified atom stereocenters. The van der Waals surface area contributed by atoms with Crippen molar-refractivity contribution in [2.24, 2.45) is 5.41 Å². The summed E-state index contributed by atoms with van der Waals surface area (Å²) < 4.78 is 0. The lowest BCUT2D eigenvalue weighted by atomic mass is 9.92. The summed E-state index contributed by atoms with van der Waals surface area (Å²) >= 11 is 0. The molecular weight excluding hydrogens is 232 g/mol. The minimum absolute atomic E-state index is 0.390. The normalized spacial score (nSPS) is 11.1. The first-order chi connectivity index (χ1) is 8.35. The van der Waals surface area contributed by atoms with E-state index in [1.807, 2.05) is 12.1 Å². The fourth-order valence-electron chi connectivity index (χ4n) is 1.51. The molecule has 0 bridgehead atoms. The number of hydrogen-bond donors (Lipinski definition) is 1. The third-order valence-corrected chi connectivity index (χ3v) is 2.87. The van der Waals surface area contributed by atoms with Crippen molar-refractivity contribution in [3.8, 4) is 0 Å². The van der Waals surface area contributed by atoms with Crippen molar-refractivity contribution in [2.75, 3.05) is 13.6 Å². The van der Waals surface area contributed by atoms with Crippen LogP contribution in [0.15, 0.2) is 24.5 Å². The molecule has 1 heterocycles. The molecule has 0 atom stereocenters. The van der Waals surface area contributed by atoms with Crippen molar-refractivity contribution in [3.63, 3.8) is 0 Å². The highest BCUT2D eigenvalue weighted by Gasteiger charge is 2.37. The lowest BCUT2D eigenvalue weighted by Gasteiger charge is -2.25. The highest BCUT2D eigenvalue weighted by atomic mass is 16.4. The summed E-state index contributed by atoms with van der Waals surface area (Å²) in [6.45, 7) is 3.30. The predicted octanol–water partition coefficient (Wildman–Crippen LogP) is 1.19. The SMILES string of the molecule is CN(CCc1cccnc1)C(=O)C(C)(C)C(=O)O. The smallest absolute Gasteiger partial charge is 0.318 e. The number of hydrogen-bond acceptors (Lipinski definition) is 3. The van der Waals surface area contributed by atoms with E-state index in [0.717, 1.165) is 5.56 Å². The third kappa shape index (κ3) is 3.29. The molecule has 1 amide bonds. The van der Waals surface area contributed by atoms with E-state index in [1.54, 1.807) is 19.4 Å². The minimum Gasteiger partial charge on any atom is -0.480 e. The molecule has 1 aromatic heterocycles. The number of carboxylic acids is 1. The largest absolute Gasteiger partial charge is 0.480 e. The molecule has 0 radical (unpaired) electrons. The Morgan fingerprint density at radius 1 is 1.44 bits per heavy atom. The Labute approximate surface area is 106 Å². The van der Waals surface area contributed by atoms with Crippen LogP contribution >= 0.6 is 0 Å². The second-order valence-corrected chi connectivity index (χ2v) is 4.77. The van der Waals surface area contributed by atoms with Crippen LogP contribution in [0.5, 0.6) is 0 Å². The lowest BCUT2D eigenvalue weighted by molar-refractivity contribution is -0.157. The van der Waals surface area contributed by atoms with Gasteiger partial charge < -0.3 is 10.0 Å². The van der Waals surface area contributed by atoms with Crippen molar-refractivity contribution in [2.45, 2.75) is 20.3 Å². The van der Waals surface area contributed by atoms with E-state index in [9.17, 15) is 9.59 Å². The number of amides is 1. The average molecular weight is 250 g/mol. The van der Waals surface area contributed by atoms with Crippen LogP contribution in [-0.4, -0.2) is 40.5 Å². The molecule has 0 spiro atoms. The van der Waals surface area contributed by atoms with Gasteiger partial charge in [0.05, 0.1) is 0 Å². The Bertz CT molecular complexity index is 429. The van der Waals surface area contributed by atoms with Gasteiger partial charge in [-0.25, -0.2) is 0 Å². The molecule has 18 heavy (non-hydrogen) atoms. The van der Waals surface area contributed by atoms with Crippen molar-refractivity contribution in [1.29, 1.82) is 0 Å². The number of nitrogens with zero attached hydrogens (tertiary/aromatic N) is 2. The predicted molar refractivity (Wildman–Crippen MR) is 67.0 cm³/mol. The van der Waals surface area contributed by atoms with Gasteiger partial charge in [-0.2, -0.15) is 0 Å². The number of carboxylic acid groups (broad SMARTS) is 1. The molecule has 5 heteroatoms. The molecule has 0 saturated carbocycles. The van der Waals surface area contributed by atoms with E-state index in [1.165, 1.54) is 18.7 Å². The van der Waals surface area contributed by atoms with Crippen LogP contribution in [0.4, 0.5) is 0 Å². The van der Waals surface area contributed by atoms with Crippen molar-refractivity contribution in [1.82, 2.24) is 9.88 Å². The lowest BCUT2D eigenvalue weighted by Crippen LogP contribution is -2.44. The van der Waals surface area contributed by atoms with Crippen LogP contribution in [0.1, 0.15) is 19.4 Å². The fourth-order valence-corrected chi connectivity index (χ4v) is 1.51. The average Bonchev–Trinajstić information content (AvgIpc) is 2.36. The molecule has 5 nitrogen and oxygen atoms in total. The van der Waals surface area contributed by atoms with Gasteiger partial charge in [0.2, 0.25) is 5.91 Å². The van der Waals surface area contributed by atoms with Crippen molar-refractivity contribution in [3.05, 3.63) is 30.1 Å². The van der Waals surface area contributed by atoms with E-state index in [-0.39, 0.29) is 5.91 Å². The monoisotopic (exact) mass is 250 g/mol. The fraction of sp³-hybridized carbons (Fsp3) is 0.462. The summed E-state index contributed by atoms with van der Waals surface area (Å²) in [5.74, 6) is -1.50. The molecular formula is C13H18N2O3. The zero-order valence-corrected chi connectivity index (χ0v) is 10.9. The first-order valence-corrected chi connectivity index (χ1v) is 5.73. The Hall–Kier alpha value is -1.91. The van der Waals surface area contributed by atoms with Gasteiger partial charge in [-0.05, 0) is 31.9 Å². The number of carbonyl (C=O) groups is 2. The molecule has 0 aliphatic rings. The maximum absolute atomic E-state index is 12.0. The van der Waals surface area contributed by atoms with Crippen LogP contribution in [0.3, 0.4) is 0 Å². The van der Waals surface area contributed by atoms with E-state index in [2.05, 4.69) is 4.98 Å². The Morgan fingerprint density at radius 2 is 2.11 bits per heavy atom. The van der Waals surface area contributed by atoms with E-state index in [0.29, 0.717) is 13.0 Å². The minimum atomic E-state index is -1.39. The molecule has 98 valence electrons. The standard InChI is InChI=1S/C13H18N2O3/c1-13(2,12(17)18)11(16)15(3)8-6-10-5-4-7-14-9-10/h4-5,7,9H,6,8H2,1-3H3,(H,17,18). The van der Waals surface area contributed by atoms with Crippen molar-refractivity contribution < 1.29 is 14.7 Å². The summed E-state index contributed by atoms with van der Waals surface area (Å²) in [7, 11) is 1.61. The molecule has 0 aliphatic heterocycles. The van der Waals surface area contributed by atoms with Crippen LogP contribution in [0, 0.1) is 5.41 Å². The van der Waals surface area contributed by atoms with Gasteiger partial charge in [0.25, 0.3) is 0 Å². The summed E-state index contributed by atoms with van der Waals surface area (Å²) in [4.78, 5) is 28.4. The van der Waals surface area contributed by atoms with Crippen LogP contribution in [0.2, 0.25) is 0 Å². The maximum atomic E-state index is 12.0. The van der Waals surface area contributed by atoms with Gasteiger partial charge in [-0.1, -0.05) is 6.07 Å². The second-order valence-electron chi connectivity index (χ2n) is 4.77. The van der Waals surface area contributed by atoms with Gasteiger partial charge in [0.1, 0.15) is 5.41 Å². The number of pyridine rings is 1. The van der Waals surface area contributed by atoms with Gasteiger partial charge >= 0.3 is 5.97 Å². The number of carbonyl (C=O) groups excluding carboxylic acids is 1. The molecule has 1 rings (SSSR count). The Morgan fingerprint density at radius 3 is 2.61 bits per heavy atom. The quantitative estimate of drug-likeness (QED) is 0.797. The Balaban J connectivity index is 2.59. The molecule has 0 aliphatic carbocycles. The van der Waals surface area contributed by atoms with Crippen molar-refractivity contribution >= 4 is 11.9 Å². The van der Waals surface area contributed by atoms with Crippen LogP contribution < -0.4 is 0 Å². The summed E-state index contributed by atoms with van der Waals surface area (Å²) in [6.07, 6.45) is 4.08. The number of likely N-dealkylation sites (N-methyl/N-ethyl adjacent to an activating group) is 1. The highest BCUT2D eigenvalue weighted by molar-refractivity contribution is 6.00. The molecule has 0 aromatic carbocycles. The zero-order chi connectivity index (χ0) is 13.8. The Kier molecular flexibility index (Phi) is 4.42. The number of rotatable bonds is 5. The molecule has 1 N–H and O–H groups in total. The number of aliphatic carboxylic acids is 1. The van der Waals surface area contributed by atoms with E-state index in [4.69, 9.17) is 5.11 Å². The van der Waals surface area contributed by atoms with Gasteiger partial charge in [0, 0.05) is 26.0 Å². The first-order valence-electron chi connectivity index (χ1n) is 5.73. The van der Waals surface area contributed by atoms with Crippen LogP contribution in [-0.2, 0) is 16.0 Å². The zero-order valence-electron chi connectivity index (χ0n) is 10.9. The molecule has 0 saturated heterocycles. The summed E-state index contributed by atoms with van der Waals surface area (Å²) in [6, 6.07) is 3.76. The first kappa shape index (κ1) is 14.2. The second kappa shape index (κ2) is 5.62. The van der Waals surface area contributed by atoms with E-state index < -0.39 is 11.4 Å². The molecule has 0 fully saturated rings. The third-order valence-electron chi connectivity index (χ3n) is 2.87. The van der Waals surface area contributed by atoms with Gasteiger partial charge in [-0.3, -0.25) is 14.6 Å². The maximum Gasteiger partial charge on any atom is 0.318 e.